The van der Waals surface area contributed by atoms with Gasteiger partial charge in [0, 0.05) is 36.5 Å². The third kappa shape index (κ3) is 2.60. The Labute approximate surface area is 141 Å². The van der Waals surface area contributed by atoms with Gasteiger partial charge >= 0.3 is 0 Å². The molecule has 3 heteroatoms. The van der Waals surface area contributed by atoms with Crippen molar-refractivity contribution >= 4 is 16.7 Å². The maximum Gasteiger partial charge on any atom is 0.140 e. The molecule has 0 spiro atoms. The average molecular weight is 319 g/mol. The van der Waals surface area contributed by atoms with Gasteiger partial charge in [-0.2, -0.15) is 0 Å². The molecule has 0 unspecified atom stereocenters. The summed E-state index contributed by atoms with van der Waals surface area (Å²) in [4.78, 5) is 12.3. The zero-order chi connectivity index (χ0) is 16.5. The monoisotopic (exact) mass is 319 g/mol. The second-order valence-corrected chi connectivity index (χ2v) is 6.49. The number of Topliss-reactive ketones (excluding diaryl/α,β-unsaturated/α-hetero) is 1. The van der Waals surface area contributed by atoms with Crippen LogP contribution >= 0.6 is 0 Å². The van der Waals surface area contributed by atoms with Crippen molar-refractivity contribution in [1.82, 2.24) is 4.57 Å². The fourth-order valence-electron chi connectivity index (χ4n) is 3.76. The summed E-state index contributed by atoms with van der Waals surface area (Å²) < 4.78 is 7.65. The summed E-state index contributed by atoms with van der Waals surface area (Å²) >= 11 is 0. The van der Waals surface area contributed by atoms with Crippen LogP contribution in [0.4, 0.5) is 0 Å². The maximum atomic E-state index is 12.3. The number of hydrogen-bond acceptors (Lipinski definition) is 2. The van der Waals surface area contributed by atoms with Gasteiger partial charge in [0.25, 0.3) is 0 Å². The lowest BCUT2D eigenvalue weighted by molar-refractivity contribution is -0.118. The molecule has 0 saturated heterocycles. The van der Waals surface area contributed by atoms with E-state index in [1.165, 1.54) is 16.5 Å². The molecule has 1 aliphatic rings. The molecule has 0 aliphatic heterocycles. The number of ketones is 1. The largest absolute Gasteiger partial charge is 0.497 e. The first kappa shape index (κ1) is 15.0. The molecule has 122 valence electrons. The van der Waals surface area contributed by atoms with Crippen LogP contribution in [0.25, 0.3) is 10.9 Å². The SMILES string of the molecule is COc1ccc2c([C@@H]3CCCC3=O)cn(Cc3ccccc3)c2c1. The Balaban J connectivity index is 1.83. The minimum absolute atomic E-state index is 0.0536. The van der Waals surface area contributed by atoms with Crippen molar-refractivity contribution in [2.45, 2.75) is 31.7 Å². The summed E-state index contributed by atoms with van der Waals surface area (Å²) in [6.07, 6.45) is 4.86. The fraction of sp³-hybridized carbons (Fsp3) is 0.286. The summed E-state index contributed by atoms with van der Waals surface area (Å²) in [5, 5.41) is 1.17. The number of methoxy groups -OCH3 is 1. The first-order valence-corrected chi connectivity index (χ1v) is 8.49. The number of rotatable bonds is 4. The lowest BCUT2D eigenvalue weighted by atomic mass is 9.96. The molecule has 1 aromatic heterocycles. The zero-order valence-corrected chi connectivity index (χ0v) is 13.9. The van der Waals surface area contributed by atoms with Crippen molar-refractivity contribution in [3.8, 4) is 5.75 Å². The van der Waals surface area contributed by atoms with Gasteiger partial charge in [-0.05, 0) is 36.1 Å². The quantitative estimate of drug-likeness (QED) is 0.707. The number of nitrogens with zero attached hydrogens (tertiary/aromatic N) is 1. The van der Waals surface area contributed by atoms with E-state index in [0.29, 0.717) is 12.2 Å². The normalized spacial score (nSPS) is 17.5. The molecule has 1 aliphatic carbocycles. The molecule has 1 heterocycles. The van der Waals surface area contributed by atoms with Crippen LogP contribution in [0.5, 0.6) is 5.75 Å². The fourth-order valence-corrected chi connectivity index (χ4v) is 3.76. The molecular weight excluding hydrogens is 298 g/mol. The van der Waals surface area contributed by atoms with Crippen molar-refractivity contribution in [2.24, 2.45) is 0 Å². The third-order valence-electron chi connectivity index (χ3n) is 5.00. The van der Waals surface area contributed by atoms with Crippen molar-refractivity contribution in [3.05, 3.63) is 65.9 Å². The van der Waals surface area contributed by atoms with Gasteiger partial charge in [0.2, 0.25) is 0 Å². The van der Waals surface area contributed by atoms with Crippen LogP contribution in [0.3, 0.4) is 0 Å². The van der Waals surface area contributed by atoms with E-state index in [-0.39, 0.29) is 5.92 Å². The van der Waals surface area contributed by atoms with Gasteiger partial charge in [-0.3, -0.25) is 4.79 Å². The Bertz CT molecular complexity index is 879. The van der Waals surface area contributed by atoms with Crippen molar-refractivity contribution in [2.75, 3.05) is 7.11 Å². The number of carbonyl (C=O) groups excluding carboxylic acids is 1. The number of ether oxygens (including phenoxy) is 1. The number of aromatic nitrogens is 1. The van der Waals surface area contributed by atoms with Gasteiger partial charge in [0.15, 0.2) is 0 Å². The van der Waals surface area contributed by atoms with Crippen LogP contribution in [0.1, 0.15) is 36.3 Å². The molecule has 3 nitrogen and oxygen atoms in total. The lowest BCUT2D eigenvalue weighted by Crippen LogP contribution is -2.03. The molecule has 1 atom stereocenters. The maximum absolute atomic E-state index is 12.3. The minimum atomic E-state index is 0.0536. The van der Waals surface area contributed by atoms with E-state index >= 15 is 0 Å². The highest BCUT2D eigenvalue weighted by Crippen LogP contribution is 2.37. The van der Waals surface area contributed by atoms with E-state index in [1.807, 2.05) is 12.1 Å². The first-order valence-electron chi connectivity index (χ1n) is 8.49. The average Bonchev–Trinajstić information content (AvgIpc) is 3.19. The Morgan fingerprint density at radius 2 is 2.00 bits per heavy atom. The molecule has 1 fully saturated rings. The molecular formula is C21H21NO2. The standard InChI is InChI=1S/C21H21NO2/c1-24-16-10-11-17-19(18-8-5-9-21(18)23)14-22(20(17)12-16)13-15-6-3-2-4-7-15/h2-4,6-7,10-12,14,18H,5,8-9,13H2,1H3/t18-/m0/s1. The molecule has 3 aromatic rings. The van der Waals surface area contributed by atoms with E-state index in [2.05, 4.69) is 47.2 Å². The second kappa shape index (κ2) is 6.16. The molecule has 1 saturated carbocycles. The Hall–Kier alpha value is -2.55. The number of hydrogen-bond donors (Lipinski definition) is 0. The highest BCUT2D eigenvalue weighted by Gasteiger charge is 2.28. The molecule has 24 heavy (non-hydrogen) atoms. The Morgan fingerprint density at radius 3 is 2.71 bits per heavy atom. The lowest BCUT2D eigenvalue weighted by Gasteiger charge is -2.07. The molecule has 0 N–H and O–H groups in total. The Morgan fingerprint density at radius 1 is 1.17 bits per heavy atom. The van der Waals surface area contributed by atoms with Crippen molar-refractivity contribution in [3.63, 3.8) is 0 Å². The highest BCUT2D eigenvalue weighted by molar-refractivity contribution is 5.95. The van der Waals surface area contributed by atoms with E-state index < -0.39 is 0 Å². The van der Waals surface area contributed by atoms with E-state index in [0.717, 1.165) is 30.7 Å². The van der Waals surface area contributed by atoms with Gasteiger partial charge in [-0.15, -0.1) is 0 Å². The van der Waals surface area contributed by atoms with Crippen LogP contribution < -0.4 is 4.74 Å². The van der Waals surface area contributed by atoms with Crippen LogP contribution in [-0.4, -0.2) is 17.5 Å². The third-order valence-corrected chi connectivity index (χ3v) is 5.00. The molecule has 2 aromatic carbocycles. The van der Waals surface area contributed by atoms with E-state index in [1.54, 1.807) is 7.11 Å². The number of fused-ring (bicyclic) bond motifs is 1. The van der Waals surface area contributed by atoms with Crippen molar-refractivity contribution in [1.29, 1.82) is 0 Å². The number of benzene rings is 2. The second-order valence-electron chi connectivity index (χ2n) is 6.49. The summed E-state index contributed by atoms with van der Waals surface area (Å²) in [5.74, 6) is 1.28. The predicted molar refractivity (Wildman–Crippen MR) is 95.6 cm³/mol. The van der Waals surface area contributed by atoms with Gasteiger partial charge < -0.3 is 9.30 Å². The predicted octanol–water partition coefficient (Wildman–Crippen LogP) is 4.53. The smallest absolute Gasteiger partial charge is 0.140 e. The molecule has 0 bridgehead atoms. The van der Waals surface area contributed by atoms with Crippen LogP contribution in [-0.2, 0) is 11.3 Å². The highest BCUT2D eigenvalue weighted by atomic mass is 16.5. The van der Waals surface area contributed by atoms with Crippen LogP contribution in [0, 0.1) is 0 Å². The minimum Gasteiger partial charge on any atom is -0.497 e. The summed E-state index contributed by atoms with van der Waals surface area (Å²) in [6.45, 7) is 0.797. The topological polar surface area (TPSA) is 31.2 Å². The van der Waals surface area contributed by atoms with E-state index in [9.17, 15) is 4.79 Å². The molecule has 4 rings (SSSR count). The molecule has 0 radical (unpaired) electrons. The van der Waals surface area contributed by atoms with Gasteiger partial charge in [-0.1, -0.05) is 30.3 Å². The zero-order valence-electron chi connectivity index (χ0n) is 13.9. The van der Waals surface area contributed by atoms with Crippen LogP contribution in [0.2, 0.25) is 0 Å². The first-order chi connectivity index (χ1) is 11.8. The summed E-state index contributed by atoms with van der Waals surface area (Å²) in [6, 6.07) is 16.6. The van der Waals surface area contributed by atoms with Crippen LogP contribution in [0.15, 0.2) is 54.7 Å². The summed E-state index contributed by atoms with van der Waals surface area (Å²) in [5.41, 5.74) is 3.56. The van der Waals surface area contributed by atoms with Gasteiger partial charge in [0.05, 0.1) is 12.6 Å². The number of carbonyl (C=O) groups is 1. The van der Waals surface area contributed by atoms with Gasteiger partial charge in [-0.25, -0.2) is 0 Å². The van der Waals surface area contributed by atoms with Gasteiger partial charge in [0.1, 0.15) is 11.5 Å². The summed E-state index contributed by atoms with van der Waals surface area (Å²) in [7, 11) is 1.69. The van der Waals surface area contributed by atoms with Crippen molar-refractivity contribution < 1.29 is 9.53 Å². The molecule has 0 amide bonds. The van der Waals surface area contributed by atoms with E-state index in [4.69, 9.17) is 4.74 Å². The Kier molecular flexibility index (Phi) is 3.85.